The molecule has 0 saturated carbocycles. The van der Waals surface area contributed by atoms with Crippen LogP contribution in [-0.4, -0.2) is 34.0 Å². The molecule has 148 valence electrons. The largest absolute Gasteiger partial charge is 0.494 e. The summed E-state index contributed by atoms with van der Waals surface area (Å²) in [6.07, 6.45) is 0.933. The number of benzene rings is 2. The van der Waals surface area contributed by atoms with E-state index in [0.717, 1.165) is 38.9 Å². The third-order valence-electron chi connectivity index (χ3n) is 4.43. The highest BCUT2D eigenvalue weighted by atomic mass is 32.1. The van der Waals surface area contributed by atoms with Crippen LogP contribution in [0.15, 0.2) is 53.9 Å². The molecule has 2 heterocycles. The number of fused-ring (bicyclic) bond motifs is 1. The minimum Gasteiger partial charge on any atom is -0.494 e. The Balaban J connectivity index is 1.28. The van der Waals surface area contributed by atoms with Gasteiger partial charge >= 0.3 is 0 Å². The van der Waals surface area contributed by atoms with Gasteiger partial charge in [0.2, 0.25) is 5.91 Å². The smallest absolute Gasteiger partial charge is 0.226 e. The highest BCUT2D eigenvalue weighted by molar-refractivity contribution is 7.13. The first-order valence-electron chi connectivity index (χ1n) is 9.59. The minimum atomic E-state index is -0.0374. The van der Waals surface area contributed by atoms with Crippen molar-refractivity contribution in [1.29, 1.82) is 0 Å². The summed E-state index contributed by atoms with van der Waals surface area (Å²) in [6.45, 7) is 3.14. The van der Waals surface area contributed by atoms with E-state index in [0.29, 0.717) is 19.6 Å². The molecule has 0 atom stereocenters. The van der Waals surface area contributed by atoms with Crippen LogP contribution < -0.4 is 10.1 Å². The Kier molecular flexibility index (Phi) is 5.86. The lowest BCUT2D eigenvalue weighted by molar-refractivity contribution is -0.120. The van der Waals surface area contributed by atoms with E-state index in [-0.39, 0.29) is 12.3 Å². The molecule has 0 aliphatic carbocycles. The van der Waals surface area contributed by atoms with Crippen molar-refractivity contribution in [2.45, 2.75) is 19.8 Å². The number of ether oxygens (including phenoxy) is 1. The van der Waals surface area contributed by atoms with Crippen molar-refractivity contribution < 1.29 is 9.53 Å². The molecule has 7 heteroatoms. The molecule has 1 amide bonds. The van der Waals surface area contributed by atoms with Gasteiger partial charge in [-0.3, -0.25) is 4.79 Å². The van der Waals surface area contributed by atoms with E-state index in [2.05, 4.69) is 20.3 Å². The fraction of sp³-hybridized carbons (Fsp3) is 0.227. The summed E-state index contributed by atoms with van der Waals surface area (Å²) >= 11 is 1.54. The Morgan fingerprint density at radius 3 is 2.76 bits per heavy atom. The van der Waals surface area contributed by atoms with Gasteiger partial charge in [0.25, 0.3) is 0 Å². The maximum Gasteiger partial charge on any atom is 0.226 e. The third-order valence-corrected chi connectivity index (χ3v) is 5.37. The predicted octanol–water partition coefficient (Wildman–Crippen LogP) is 3.99. The van der Waals surface area contributed by atoms with Crippen LogP contribution in [0.1, 0.15) is 18.4 Å². The van der Waals surface area contributed by atoms with Gasteiger partial charge in [-0.1, -0.05) is 12.1 Å². The van der Waals surface area contributed by atoms with Gasteiger partial charge in [-0.25, -0.2) is 9.97 Å². The maximum atomic E-state index is 12.2. The Morgan fingerprint density at radius 2 is 1.97 bits per heavy atom. The van der Waals surface area contributed by atoms with Crippen molar-refractivity contribution in [2.24, 2.45) is 0 Å². The topological polar surface area (TPSA) is 79.9 Å². The molecule has 4 aromatic rings. The molecule has 0 spiro atoms. The van der Waals surface area contributed by atoms with Crippen molar-refractivity contribution in [1.82, 2.24) is 20.3 Å². The van der Waals surface area contributed by atoms with E-state index in [1.807, 2.05) is 60.8 Å². The second-order valence-electron chi connectivity index (χ2n) is 6.58. The van der Waals surface area contributed by atoms with Crippen molar-refractivity contribution in [3.05, 3.63) is 65.4 Å². The number of carbonyl (C=O) groups is 1. The van der Waals surface area contributed by atoms with Crippen LogP contribution in [0.2, 0.25) is 0 Å². The van der Waals surface area contributed by atoms with Crippen LogP contribution in [0, 0.1) is 0 Å². The van der Waals surface area contributed by atoms with Crippen LogP contribution in [0.3, 0.4) is 0 Å². The van der Waals surface area contributed by atoms with Gasteiger partial charge in [0.15, 0.2) is 0 Å². The number of H-pyrrole nitrogens is 1. The van der Waals surface area contributed by atoms with E-state index in [1.165, 1.54) is 0 Å². The monoisotopic (exact) mass is 406 g/mol. The standard InChI is InChI=1S/C22H22N4O2S/c1-2-28-17-9-7-15(8-10-17)22-24-16(14-29-22)13-21(27)23-12-11-20-25-18-5-3-4-6-19(18)26-20/h3-10,14H,2,11-13H2,1H3,(H,23,27)(H,25,26). The van der Waals surface area contributed by atoms with E-state index in [1.54, 1.807) is 11.3 Å². The second kappa shape index (κ2) is 8.87. The molecule has 0 fully saturated rings. The quantitative estimate of drug-likeness (QED) is 0.464. The Hall–Kier alpha value is -3.19. The van der Waals surface area contributed by atoms with Gasteiger partial charge in [0.1, 0.15) is 16.6 Å². The molecule has 6 nitrogen and oxygen atoms in total. The molecule has 29 heavy (non-hydrogen) atoms. The first kappa shape index (κ1) is 19.1. The lowest BCUT2D eigenvalue weighted by Crippen LogP contribution is -2.27. The van der Waals surface area contributed by atoms with Crippen molar-refractivity contribution in [3.63, 3.8) is 0 Å². The molecule has 4 rings (SSSR count). The van der Waals surface area contributed by atoms with E-state index >= 15 is 0 Å². The number of amides is 1. The average molecular weight is 407 g/mol. The minimum absolute atomic E-state index is 0.0374. The summed E-state index contributed by atoms with van der Waals surface area (Å²) in [5, 5.41) is 5.78. The second-order valence-corrected chi connectivity index (χ2v) is 7.44. The van der Waals surface area contributed by atoms with Gasteiger partial charge in [-0.05, 0) is 43.3 Å². The molecule has 0 bridgehead atoms. The summed E-state index contributed by atoms with van der Waals surface area (Å²) in [4.78, 5) is 24.6. The highest BCUT2D eigenvalue weighted by Crippen LogP contribution is 2.26. The SMILES string of the molecule is CCOc1ccc(-c2nc(CC(=O)NCCc3nc4ccccc4[nH]3)cs2)cc1. The highest BCUT2D eigenvalue weighted by Gasteiger charge is 2.10. The van der Waals surface area contributed by atoms with E-state index in [9.17, 15) is 4.79 Å². The number of hydrogen-bond acceptors (Lipinski definition) is 5. The Bertz CT molecular complexity index is 1070. The lowest BCUT2D eigenvalue weighted by atomic mass is 10.2. The molecule has 0 unspecified atom stereocenters. The fourth-order valence-corrected chi connectivity index (χ4v) is 3.88. The number of thiazole rings is 1. The van der Waals surface area contributed by atoms with E-state index < -0.39 is 0 Å². The number of carbonyl (C=O) groups excluding carboxylic acids is 1. The first-order valence-corrected chi connectivity index (χ1v) is 10.5. The van der Waals surface area contributed by atoms with Crippen LogP contribution >= 0.6 is 11.3 Å². The number of para-hydroxylation sites is 2. The summed E-state index contributed by atoms with van der Waals surface area (Å²) in [7, 11) is 0. The first-order chi connectivity index (χ1) is 14.2. The fourth-order valence-electron chi connectivity index (χ4n) is 3.05. The van der Waals surface area contributed by atoms with Crippen LogP contribution in [0.25, 0.3) is 21.6 Å². The molecule has 0 saturated heterocycles. The molecule has 0 aliphatic heterocycles. The number of aromatic amines is 1. The van der Waals surface area contributed by atoms with Gasteiger partial charge in [-0.15, -0.1) is 11.3 Å². The summed E-state index contributed by atoms with van der Waals surface area (Å²) < 4.78 is 5.46. The molecule has 2 aromatic heterocycles. The normalized spacial score (nSPS) is 10.9. The van der Waals surface area contributed by atoms with Crippen molar-refractivity contribution >= 4 is 28.3 Å². The number of nitrogens with zero attached hydrogens (tertiary/aromatic N) is 2. The molecule has 0 aliphatic rings. The van der Waals surface area contributed by atoms with Crippen molar-refractivity contribution in [3.8, 4) is 16.3 Å². The maximum absolute atomic E-state index is 12.2. The van der Waals surface area contributed by atoms with E-state index in [4.69, 9.17) is 4.74 Å². The van der Waals surface area contributed by atoms with Gasteiger partial charge in [0.05, 0.1) is 29.8 Å². The zero-order valence-corrected chi connectivity index (χ0v) is 17.0. The predicted molar refractivity (Wildman–Crippen MR) is 115 cm³/mol. The molecular weight excluding hydrogens is 384 g/mol. The summed E-state index contributed by atoms with van der Waals surface area (Å²) in [5.41, 5.74) is 3.76. The zero-order valence-electron chi connectivity index (χ0n) is 16.1. The van der Waals surface area contributed by atoms with Crippen LogP contribution in [-0.2, 0) is 17.6 Å². The third kappa shape index (κ3) is 4.81. The van der Waals surface area contributed by atoms with Crippen LogP contribution in [0.5, 0.6) is 5.75 Å². The number of rotatable bonds is 8. The molecule has 2 N–H and O–H groups in total. The Morgan fingerprint density at radius 1 is 1.14 bits per heavy atom. The van der Waals surface area contributed by atoms with Crippen LogP contribution in [0.4, 0.5) is 0 Å². The van der Waals surface area contributed by atoms with Gasteiger partial charge in [0, 0.05) is 23.9 Å². The number of imidazole rings is 1. The summed E-state index contributed by atoms with van der Waals surface area (Å²) in [6, 6.07) is 15.7. The zero-order chi connectivity index (χ0) is 20.1. The lowest BCUT2D eigenvalue weighted by Gasteiger charge is -2.03. The van der Waals surface area contributed by atoms with Gasteiger partial charge in [-0.2, -0.15) is 0 Å². The molecule has 0 radical (unpaired) electrons. The van der Waals surface area contributed by atoms with Gasteiger partial charge < -0.3 is 15.0 Å². The average Bonchev–Trinajstić information content (AvgIpc) is 3.35. The summed E-state index contributed by atoms with van der Waals surface area (Å²) in [5.74, 6) is 1.68. The number of nitrogens with one attached hydrogen (secondary N) is 2. The molecule has 2 aromatic carbocycles. The Labute approximate surface area is 173 Å². The molecular formula is C22H22N4O2S. The number of aromatic nitrogens is 3. The number of hydrogen-bond donors (Lipinski definition) is 2. The van der Waals surface area contributed by atoms with Crippen molar-refractivity contribution in [2.75, 3.05) is 13.2 Å².